The molecule has 0 aliphatic carbocycles. The van der Waals surface area contributed by atoms with E-state index in [1.165, 1.54) is 0 Å². The van der Waals surface area contributed by atoms with Gasteiger partial charge in [0.15, 0.2) is 0 Å². The summed E-state index contributed by atoms with van der Waals surface area (Å²) in [7, 11) is 0. The lowest BCUT2D eigenvalue weighted by molar-refractivity contribution is 0.199. The van der Waals surface area contributed by atoms with E-state index in [1.807, 2.05) is 30.3 Å². The van der Waals surface area contributed by atoms with Crippen molar-refractivity contribution >= 4 is 0 Å². The molecular formula is C12H12N2O. The van der Waals surface area contributed by atoms with Gasteiger partial charge < -0.3 is 5.11 Å². The van der Waals surface area contributed by atoms with Gasteiger partial charge in [0.1, 0.15) is 0 Å². The molecule has 15 heavy (non-hydrogen) atoms. The Hall–Kier alpha value is -1.74. The molecule has 76 valence electrons. The van der Waals surface area contributed by atoms with Gasteiger partial charge in [-0.2, -0.15) is 0 Å². The van der Waals surface area contributed by atoms with Gasteiger partial charge >= 0.3 is 0 Å². The lowest BCUT2D eigenvalue weighted by Gasteiger charge is -2.04. The Morgan fingerprint density at radius 2 is 1.87 bits per heavy atom. The number of hydrogen-bond donors (Lipinski definition) is 1. The molecule has 1 N–H and O–H groups in total. The third-order valence-electron chi connectivity index (χ3n) is 2.20. The van der Waals surface area contributed by atoms with Gasteiger partial charge in [0.2, 0.25) is 0 Å². The summed E-state index contributed by atoms with van der Waals surface area (Å²) >= 11 is 0. The maximum absolute atomic E-state index is 9.33. The molecule has 1 atom stereocenters. The fourth-order valence-corrected chi connectivity index (χ4v) is 1.32. The Morgan fingerprint density at radius 1 is 1.07 bits per heavy atom. The molecule has 0 fully saturated rings. The lowest BCUT2D eigenvalue weighted by atomic mass is 10.1. The van der Waals surface area contributed by atoms with Crippen LogP contribution in [0.5, 0.6) is 0 Å². The fourth-order valence-electron chi connectivity index (χ4n) is 1.32. The van der Waals surface area contributed by atoms with Gasteiger partial charge in [-0.05, 0) is 30.7 Å². The second-order valence-corrected chi connectivity index (χ2v) is 3.37. The predicted octanol–water partition coefficient (Wildman–Crippen LogP) is 2.20. The number of nitrogens with zero attached hydrogens (tertiary/aromatic N) is 2. The van der Waals surface area contributed by atoms with E-state index < -0.39 is 6.10 Å². The topological polar surface area (TPSA) is 46.0 Å². The van der Waals surface area contributed by atoms with Crippen LogP contribution in [0.25, 0.3) is 11.4 Å². The van der Waals surface area contributed by atoms with Crippen LogP contribution in [-0.4, -0.2) is 15.1 Å². The average Bonchev–Trinajstić information content (AvgIpc) is 2.30. The molecule has 2 heterocycles. The van der Waals surface area contributed by atoms with E-state index in [2.05, 4.69) is 9.97 Å². The normalized spacial score (nSPS) is 12.4. The van der Waals surface area contributed by atoms with Crippen LogP contribution >= 0.6 is 0 Å². The molecule has 0 saturated heterocycles. The van der Waals surface area contributed by atoms with Crippen LogP contribution in [-0.2, 0) is 0 Å². The molecule has 0 amide bonds. The van der Waals surface area contributed by atoms with Crippen LogP contribution in [0.15, 0.2) is 42.7 Å². The highest BCUT2D eigenvalue weighted by Gasteiger charge is 2.03. The van der Waals surface area contributed by atoms with Crippen LogP contribution in [0.2, 0.25) is 0 Å². The standard InChI is InChI=1S/C12H12N2O/c1-9(15)10-5-6-12(14-8-10)11-4-2-3-7-13-11/h2-9,15H,1H3. The van der Waals surface area contributed by atoms with E-state index in [-0.39, 0.29) is 0 Å². The highest BCUT2D eigenvalue weighted by Crippen LogP contribution is 2.16. The minimum absolute atomic E-state index is 0.477. The maximum Gasteiger partial charge on any atom is 0.0886 e. The molecule has 2 aromatic heterocycles. The third kappa shape index (κ3) is 2.19. The Kier molecular flexibility index (Phi) is 2.74. The smallest absolute Gasteiger partial charge is 0.0886 e. The van der Waals surface area contributed by atoms with Gasteiger partial charge in [-0.3, -0.25) is 9.97 Å². The number of rotatable bonds is 2. The predicted molar refractivity (Wildman–Crippen MR) is 58.1 cm³/mol. The minimum atomic E-state index is -0.477. The Balaban J connectivity index is 2.32. The van der Waals surface area contributed by atoms with Crippen LogP contribution in [0.3, 0.4) is 0 Å². The zero-order valence-corrected chi connectivity index (χ0v) is 8.46. The summed E-state index contributed by atoms with van der Waals surface area (Å²) in [5.74, 6) is 0. The summed E-state index contributed by atoms with van der Waals surface area (Å²) in [5, 5.41) is 9.33. The third-order valence-corrected chi connectivity index (χ3v) is 2.20. The molecule has 0 aliphatic rings. The van der Waals surface area contributed by atoms with Gasteiger partial charge in [0.25, 0.3) is 0 Å². The minimum Gasteiger partial charge on any atom is -0.389 e. The summed E-state index contributed by atoms with van der Waals surface area (Å²) in [4.78, 5) is 8.45. The van der Waals surface area contributed by atoms with Crippen molar-refractivity contribution in [3.63, 3.8) is 0 Å². The molecule has 0 spiro atoms. The molecule has 0 radical (unpaired) electrons. The summed E-state index contributed by atoms with van der Waals surface area (Å²) in [5.41, 5.74) is 2.48. The van der Waals surface area contributed by atoms with Crippen molar-refractivity contribution in [1.29, 1.82) is 0 Å². The van der Waals surface area contributed by atoms with Gasteiger partial charge in [0, 0.05) is 12.4 Å². The van der Waals surface area contributed by atoms with E-state index in [4.69, 9.17) is 0 Å². The van der Waals surface area contributed by atoms with Crippen molar-refractivity contribution in [3.05, 3.63) is 48.3 Å². The highest BCUT2D eigenvalue weighted by molar-refractivity contribution is 5.53. The van der Waals surface area contributed by atoms with Crippen LogP contribution in [0.4, 0.5) is 0 Å². The molecule has 0 bridgehead atoms. The molecule has 1 unspecified atom stereocenters. The zero-order chi connectivity index (χ0) is 10.7. The van der Waals surface area contributed by atoms with Crippen LogP contribution in [0, 0.1) is 0 Å². The summed E-state index contributed by atoms with van der Waals surface area (Å²) in [6.07, 6.45) is 2.93. The van der Waals surface area contributed by atoms with E-state index >= 15 is 0 Å². The molecule has 0 aromatic carbocycles. The molecular weight excluding hydrogens is 188 g/mol. The number of aromatic nitrogens is 2. The Bertz CT molecular complexity index is 423. The molecule has 0 aliphatic heterocycles. The molecule has 2 rings (SSSR count). The van der Waals surface area contributed by atoms with Crippen LogP contribution < -0.4 is 0 Å². The van der Waals surface area contributed by atoms with E-state index in [9.17, 15) is 5.11 Å². The van der Waals surface area contributed by atoms with Crippen LogP contribution in [0.1, 0.15) is 18.6 Å². The summed E-state index contributed by atoms with van der Waals surface area (Å²) < 4.78 is 0. The van der Waals surface area contributed by atoms with Crippen molar-refractivity contribution < 1.29 is 5.11 Å². The molecule has 2 aromatic rings. The fraction of sp³-hybridized carbons (Fsp3) is 0.167. The maximum atomic E-state index is 9.33. The van der Waals surface area contributed by atoms with Gasteiger partial charge in [0.05, 0.1) is 17.5 Å². The average molecular weight is 200 g/mol. The molecule has 3 heteroatoms. The number of hydrogen-bond acceptors (Lipinski definition) is 3. The largest absolute Gasteiger partial charge is 0.389 e. The zero-order valence-electron chi connectivity index (χ0n) is 8.46. The highest BCUT2D eigenvalue weighted by atomic mass is 16.3. The van der Waals surface area contributed by atoms with Gasteiger partial charge in [-0.1, -0.05) is 12.1 Å². The Labute approximate surface area is 88.5 Å². The van der Waals surface area contributed by atoms with E-state index in [0.717, 1.165) is 17.0 Å². The van der Waals surface area contributed by atoms with Crippen molar-refractivity contribution in [2.75, 3.05) is 0 Å². The Morgan fingerprint density at radius 3 is 2.40 bits per heavy atom. The number of aliphatic hydroxyl groups excluding tert-OH is 1. The number of aliphatic hydroxyl groups is 1. The van der Waals surface area contributed by atoms with E-state index in [0.29, 0.717) is 0 Å². The second-order valence-electron chi connectivity index (χ2n) is 3.37. The summed E-state index contributed by atoms with van der Waals surface area (Å²) in [6, 6.07) is 9.43. The quantitative estimate of drug-likeness (QED) is 0.808. The van der Waals surface area contributed by atoms with Crippen molar-refractivity contribution in [1.82, 2.24) is 9.97 Å². The molecule has 0 saturated carbocycles. The lowest BCUT2D eigenvalue weighted by Crippen LogP contribution is -1.93. The first-order valence-corrected chi connectivity index (χ1v) is 4.83. The van der Waals surface area contributed by atoms with E-state index in [1.54, 1.807) is 19.3 Å². The van der Waals surface area contributed by atoms with Crippen molar-refractivity contribution in [2.45, 2.75) is 13.0 Å². The molecule has 3 nitrogen and oxygen atoms in total. The van der Waals surface area contributed by atoms with Gasteiger partial charge in [-0.15, -0.1) is 0 Å². The van der Waals surface area contributed by atoms with Crippen molar-refractivity contribution in [3.8, 4) is 11.4 Å². The second kappa shape index (κ2) is 4.19. The number of pyridine rings is 2. The van der Waals surface area contributed by atoms with Crippen molar-refractivity contribution in [2.24, 2.45) is 0 Å². The summed E-state index contributed by atoms with van der Waals surface area (Å²) in [6.45, 7) is 1.72. The van der Waals surface area contributed by atoms with Gasteiger partial charge in [-0.25, -0.2) is 0 Å². The first kappa shape index (κ1) is 9.80. The monoisotopic (exact) mass is 200 g/mol. The SMILES string of the molecule is CC(O)c1ccc(-c2ccccn2)nc1. The first-order valence-electron chi connectivity index (χ1n) is 4.83. The first-order chi connectivity index (χ1) is 7.27.